The van der Waals surface area contributed by atoms with E-state index >= 15 is 0 Å². The highest BCUT2D eigenvalue weighted by atomic mass is 15.3. The molecule has 17 heavy (non-hydrogen) atoms. The molecule has 0 spiro atoms. The molecule has 0 bridgehead atoms. The van der Waals surface area contributed by atoms with Crippen molar-refractivity contribution in [2.75, 3.05) is 25.0 Å². The van der Waals surface area contributed by atoms with Gasteiger partial charge in [0.15, 0.2) is 0 Å². The summed E-state index contributed by atoms with van der Waals surface area (Å²) in [5, 5.41) is 3.35. The Bertz CT molecular complexity index is 464. The number of para-hydroxylation sites is 2. The number of H-pyrrole nitrogens is 1. The van der Waals surface area contributed by atoms with Gasteiger partial charge < -0.3 is 15.2 Å². The van der Waals surface area contributed by atoms with Gasteiger partial charge in [-0.05, 0) is 32.0 Å². The molecule has 2 aromatic rings. The number of aromatic nitrogens is 2. The summed E-state index contributed by atoms with van der Waals surface area (Å²) < 4.78 is 0. The molecule has 4 nitrogen and oxygen atoms in total. The molecular formula is C13H18N4. The van der Waals surface area contributed by atoms with Crippen molar-refractivity contribution >= 4 is 17.0 Å². The fourth-order valence-corrected chi connectivity index (χ4v) is 2.47. The molecule has 1 aliphatic heterocycles. The lowest BCUT2D eigenvalue weighted by Gasteiger charge is -2.31. The smallest absolute Gasteiger partial charge is 0.203 e. The summed E-state index contributed by atoms with van der Waals surface area (Å²) in [7, 11) is 2.04. The Balaban J connectivity index is 1.80. The molecule has 1 aromatic heterocycles. The van der Waals surface area contributed by atoms with Crippen molar-refractivity contribution in [2.24, 2.45) is 0 Å². The number of hydrogen-bond acceptors (Lipinski definition) is 3. The number of benzene rings is 1. The van der Waals surface area contributed by atoms with Crippen LogP contribution in [0.15, 0.2) is 24.3 Å². The van der Waals surface area contributed by atoms with Gasteiger partial charge >= 0.3 is 0 Å². The summed E-state index contributed by atoms with van der Waals surface area (Å²) in [6, 6.07) is 8.86. The molecule has 0 amide bonds. The van der Waals surface area contributed by atoms with E-state index in [1.807, 2.05) is 19.2 Å². The predicted octanol–water partition coefficient (Wildman–Crippen LogP) is 1.75. The highest BCUT2D eigenvalue weighted by Crippen LogP contribution is 2.20. The lowest BCUT2D eigenvalue weighted by Crippen LogP contribution is -2.41. The Morgan fingerprint density at radius 3 is 2.76 bits per heavy atom. The molecule has 2 N–H and O–H groups in total. The van der Waals surface area contributed by atoms with Crippen molar-refractivity contribution in [3.05, 3.63) is 24.3 Å². The number of imidazole rings is 1. The Hall–Kier alpha value is -1.55. The molecule has 0 aliphatic carbocycles. The fraction of sp³-hybridized carbons (Fsp3) is 0.462. The van der Waals surface area contributed by atoms with E-state index in [0.29, 0.717) is 6.04 Å². The highest BCUT2D eigenvalue weighted by Gasteiger charge is 2.19. The number of anilines is 1. The van der Waals surface area contributed by atoms with Crippen LogP contribution in [0, 0.1) is 0 Å². The number of fused-ring (bicyclic) bond motifs is 1. The minimum absolute atomic E-state index is 0.663. The summed E-state index contributed by atoms with van der Waals surface area (Å²) in [5.41, 5.74) is 2.18. The SMILES string of the molecule is CNC1CCN(c2nc3ccccc3[nH]2)CC1. The third kappa shape index (κ3) is 2.00. The van der Waals surface area contributed by atoms with E-state index in [9.17, 15) is 0 Å². The number of hydrogen-bond donors (Lipinski definition) is 2. The first-order valence-electron chi connectivity index (χ1n) is 6.24. The van der Waals surface area contributed by atoms with Crippen molar-refractivity contribution in [3.8, 4) is 0 Å². The zero-order valence-corrected chi connectivity index (χ0v) is 10.1. The van der Waals surface area contributed by atoms with E-state index in [0.717, 1.165) is 30.1 Å². The number of rotatable bonds is 2. The summed E-state index contributed by atoms with van der Waals surface area (Å²) in [6.07, 6.45) is 2.38. The predicted molar refractivity (Wildman–Crippen MR) is 70.4 cm³/mol. The van der Waals surface area contributed by atoms with Crippen LogP contribution in [0.25, 0.3) is 11.0 Å². The highest BCUT2D eigenvalue weighted by molar-refractivity contribution is 5.77. The molecule has 0 unspecified atom stereocenters. The molecule has 4 heteroatoms. The Kier molecular flexibility index (Phi) is 2.73. The summed E-state index contributed by atoms with van der Waals surface area (Å²) in [4.78, 5) is 10.4. The number of nitrogens with one attached hydrogen (secondary N) is 2. The minimum Gasteiger partial charge on any atom is -0.342 e. The maximum absolute atomic E-state index is 4.64. The van der Waals surface area contributed by atoms with Crippen LogP contribution in [0.4, 0.5) is 5.95 Å². The second-order valence-electron chi connectivity index (χ2n) is 4.63. The van der Waals surface area contributed by atoms with E-state index in [4.69, 9.17) is 0 Å². The topological polar surface area (TPSA) is 44.0 Å². The van der Waals surface area contributed by atoms with E-state index < -0.39 is 0 Å². The van der Waals surface area contributed by atoms with Gasteiger partial charge in [-0.1, -0.05) is 12.1 Å². The van der Waals surface area contributed by atoms with Gasteiger partial charge in [-0.15, -0.1) is 0 Å². The molecule has 1 aliphatic rings. The van der Waals surface area contributed by atoms with Gasteiger partial charge in [0.05, 0.1) is 11.0 Å². The van der Waals surface area contributed by atoms with Gasteiger partial charge in [0.25, 0.3) is 0 Å². The third-order valence-corrected chi connectivity index (χ3v) is 3.58. The Labute approximate surface area is 101 Å². The van der Waals surface area contributed by atoms with Crippen molar-refractivity contribution in [3.63, 3.8) is 0 Å². The zero-order chi connectivity index (χ0) is 11.7. The van der Waals surface area contributed by atoms with Gasteiger partial charge in [-0.2, -0.15) is 0 Å². The van der Waals surface area contributed by atoms with E-state index in [1.54, 1.807) is 0 Å². The number of nitrogens with zero attached hydrogens (tertiary/aromatic N) is 2. The van der Waals surface area contributed by atoms with Crippen LogP contribution in [-0.2, 0) is 0 Å². The normalized spacial score (nSPS) is 17.8. The third-order valence-electron chi connectivity index (χ3n) is 3.58. The molecule has 1 aromatic carbocycles. The van der Waals surface area contributed by atoms with E-state index in [2.05, 4.69) is 32.3 Å². The lowest BCUT2D eigenvalue weighted by molar-refractivity contribution is 0.439. The van der Waals surface area contributed by atoms with Crippen molar-refractivity contribution in [1.82, 2.24) is 15.3 Å². The van der Waals surface area contributed by atoms with Gasteiger partial charge in [-0.3, -0.25) is 0 Å². The van der Waals surface area contributed by atoms with Gasteiger partial charge in [0.2, 0.25) is 5.95 Å². The van der Waals surface area contributed by atoms with Crippen LogP contribution < -0.4 is 10.2 Å². The van der Waals surface area contributed by atoms with E-state index in [-0.39, 0.29) is 0 Å². The average Bonchev–Trinajstić information content (AvgIpc) is 2.82. The average molecular weight is 230 g/mol. The standard InChI is InChI=1S/C13H18N4/c1-14-10-6-8-17(9-7-10)13-15-11-4-2-3-5-12(11)16-13/h2-5,10,14H,6-9H2,1H3,(H,15,16). The molecular weight excluding hydrogens is 212 g/mol. The van der Waals surface area contributed by atoms with Crippen LogP contribution in [-0.4, -0.2) is 36.1 Å². The summed E-state index contributed by atoms with van der Waals surface area (Å²) in [5.74, 6) is 1.01. The number of aromatic amines is 1. The minimum atomic E-state index is 0.663. The molecule has 0 saturated carbocycles. The maximum Gasteiger partial charge on any atom is 0.203 e. The lowest BCUT2D eigenvalue weighted by atomic mass is 10.1. The quantitative estimate of drug-likeness (QED) is 0.826. The second kappa shape index (κ2) is 4.37. The van der Waals surface area contributed by atoms with Crippen molar-refractivity contribution in [2.45, 2.75) is 18.9 Å². The molecule has 3 rings (SSSR count). The number of piperidine rings is 1. The van der Waals surface area contributed by atoms with Gasteiger partial charge in [0.1, 0.15) is 0 Å². The van der Waals surface area contributed by atoms with E-state index in [1.165, 1.54) is 12.8 Å². The fourth-order valence-electron chi connectivity index (χ4n) is 2.47. The van der Waals surface area contributed by atoms with Crippen LogP contribution in [0.5, 0.6) is 0 Å². The van der Waals surface area contributed by atoms with Crippen LogP contribution in [0.2, 0.25) is 0 Å². The van der Waals surface area contributed by atoms with Crippen LogP contribution in [0.3, 0.4) is 0 Å². The Morgan fingerprint density at radius 1 is 1.29 bits per heavy atom. The molecule has 90 valence electrons. The zero-order valence-electron chi connectivity index (χ0n) is 10.1. The maximum atomic E-state index is 4.64. The van der Waals surface area contributed by atoms with Crippen LogP contribution in [0.1, 0.15) is 12.8 Å². The first kappa shape index (κ1) is 10.6. The second-order valence-corrected chi connectivity index (χ2v) is 4.63. The first-order chi connectivity index (χ1) is 8.36. The van der Waals surface area contributed by atoms with Gasteiger partial charge in [-0.25, -0.2) is 4.98 Å². The first-order valence-corrected chi connectivity index (χ1v) is 6.24. The molecule has 1 fully saturated rings. The van der Waals surface area contributed by atoms with Crippen LogP contribution >= 0.6 is 0 Å². The van der Waals surface area contributed by atoms with Crippen molar-refractivity contribution in [1.29, 1.82) is 0 Å². The largest absolute Gasteiger partial charge is 0.342 e. The molecule has 1 saturated heterocycles. The van der Waals surface area contributed by atoms with Gasteiger partial charge in [0, 0.05) is 19.1 Å². The van der Waals surface area contributed by atoms with Crippen molar-refractivity contribution < 1.29 is 0 Å². The summed E-state index contributed by atoms with van der Waals surface area (Å²) >= 11 is 0. The molecule has 0 atom stereocenters. The summed E-state index contributed by atoms with van der Waals surface area (Å²) in [6.45, 7) is 2.15. The molecule has 2 heterocycles. The Morgan fingerprint density at radius 2 is 2.06 bits per heavy atom. The monoisotopic (exact) mass is 230 g/mol. The molecule has 0 radical (unpaired) electrons.